The summed E-state index contributed by atoms with van der Waals surface area (Å²) in [5.74, 6) is 0. The van der Waals surface area contributed by atoms with Gasteiger partial charge in [0.05, 0.1) is 5.69 Å². The van der Waals surface area contributed by atoms with E-state index in [1.807, 2.05) is 42.6 Å². The average molecular weight is 394 g/mol. The van der Waals surface area contributed by atoms with Gasteiger partial charge in [0.2, 0.25) is 0 Å². The van der Waals surface area contributed by atoms with E-state index in [9.17, 15) is 0 Å². The quantitative estimate of drug-likeness (QED) is 0.297. The molecule has 0 unspecified atom stereocenters. The fourth-order valence-electron chi connectivity index (χ4n) is 3.71. The van der Waals surface area contributed by atoms with Crippen molar-refractivity contribution in [3.05, 3.63) is 116 Å². The number of hydrogen-bond acceptors (Lipinski definition) is 2. The Balaban J connectivity index is 2.09. The highest BCUT2D eigenvalue weighted by atomic mass is 32.1. The predicted molar refractivity (Wildman–Crippen MR) is 131 cm³/mol. The third-order valence-electron chi connectivity index (χ3n) is 4.96. The lowest BCUT2D eigenvalue weighted by molar-refractivity contribution is 1.17. The van der Waals surface area contributed by atoms with Crippen molar-refractivity contribution in [1.29, 1.82) is 0 Å². The molecule has 0 fully saturated rings. The van der Waals surface area contributed by atoms with Gasteiger partial charge in [-0.1, -0.05) is 74.4 Å². The van der Waals surface area contributed by atoms with Gasteiger partial charge >= 0.3 is 0 Å². The smallest absolute Gasteiger partial charge is 0.0543 e. The summed E-state index contributed by atoms with van der Waals surface area (Å²) in [5.41, 5.74) is 5.29. The lowest BCUT2D eigenvalue weighted by atomic mass is 9.99. The van der Waals surface area contributed by atoms with Crippen molar-refractivity contribution < 1.29 is 0 Å². The van der Waals surface area contributed by atoms with Gasteiger partial charge in [0.15, 0.2) is 0 Å². The molecule has 0 saturated heterocycles. The van der Waals surface area contributed by atoms with Crippen molar-refractivity contribution in [2.75, 3.05) is 4.90 Å². The fourth-order valence-corrected chi connectivity index (χ4v) is 4.84. The molecule has 0 N–H and O–H groups in total. The molecule has 3 aromatic carbocycles. The van der Waals surface area contributed by atoms with E-state index in [-0.39, 0.29) is 0 Å². The van der Waals surface area contributed by atoms with Crippen LogP contribution in [-0.2, 0) is 0 Å². The zero-order valence-electron chi connectivity index (χ0n) is 16.6. The van der Waals surface area contributed by atoms with Crippen LogP contribution in [0.5, 0.6) is 0 Å². The molecule has 2 heteroatoms. The first kappa shape index (κ1) is 19.0. The molecule has 0 spiro atoms. The van der Waals surface area contributed by atoms with Crippen molar-refractivity contribution in [2.45, 2.75) is 6.92 Å². The van der Waals surface area contributed by atoms with Gasteiger partial charge in [-0.3, -0.25) is 0 Å². The van der Waals surface area contributed by atoms with E-state index in [0.717, 1.165) is 28.2 Å². The van der Waals surface area contributed by atoms with Gasteiger partial charge in [0.1, 0.15) is 0 Å². The summed E-state index contributed by atoms with van der Waals surface area (Å²) < 4.78 is 2.55. The van der Waals surface area contributed by atoms with Crippen molar-refractivity contribution in [3.8, 4) is 0 Å². The third kappa shape index (κ3) is 3.43. The Morgan fingerprint density at radius 1 is 0.897 bits per heavy atom. The highest BCUT2D eigenvalue weighted by molar-refractivity contribution is 7.25. The molecule has 1 heterocycles. The molecule has 0 radical (unpaired) electrons. The molecule has 1 aromatic heterocycles. The van der Waals surface area contributed by atoms with Crippen LogP contribution in [0.25, 0.3) is 25.7 Å². The van der Waals surface area contributed by atoms with E-state index in [1.165, 1.54) is 20.2 Å². The highest BCUT2D eigenvalue weighted by Crippen LogP contribution is 2.43. The second-order valence-electron chi connectivity index (χ2n) is 6.93. The number of rotatable bonds is 6. The molecule has 0 atom stereocenters. The summed E-state index contributed by atoms with van der Waals surface area (Å²) >= 11 is 1.82. The summed E-state index contributed by atoms with van der Waals surface area (Å²) in [7, 11) is 0. The topological polar surface area (TPSA) is 3.24 Å². The van der Waals surface area contributed by atoms with Gasteiger partial charge in [-0.05, 0) is 42.8 Å². The largest absolute Gasteiger partial charge is 0.314 e. The van der Waals surface area contributed by atoms with Crippen LogP contribution < -0.4 is 4.90 Å². The number of para-hydroxylation sites is 1. The zero-order valence-corrected chi connectivity index (χ0v) is 17.4. The van der Waals surface area contributed by atoms with Gasteiger partial charge in [-0.15, -0.1) is 11.3 Å². The Morgan fingerprint density at radius 2 is 1.62 bits per heavy atom. The number of allylic oxidation sites excluding steroid dienone is 5. The van der Waals surface area contributed by atoms with E-state index in [0.29, 0.717) is 0 Å². The number of fused-ring (bicyclic) bond motifs is 3. The standard InChI is InChI=1S/C27H23NS/c1-5-12-20(6-2)23-18-27-24(22-15-10-11-16-26(22)29-27)17-25(23)28(19(3)4)21-13-8-7-9-14-21/h5-18H,1-3H2,4H3/b20-12+. The van der Waals surface area contributed by atoms with E-state index in [2.05, 4.69) is 85.3 Å². The molecular weight excluding hydrogens is 370 g/mol. The molecule has 1 nitrogen and oxygen atoms in total. The van der Waals surface area contributed by atoms with Crippen LogP contribution in [-0.4, -0.2) is 0 Å². The van der Waals surface area contributed by atoms with E-state index < -0.39 is 0 Å². The first-order valence-corrected chi connectivity index (χ1v) is 10.4. The Labute approximate surface area is 176 Å². The maximum atomic E-state index is 4.27. The number of hydrogen-bond donors (Lipinski definition) is 0. The Morgan fingerprint density at radius 3 is 2.31 bits per heavy atom. The summed E-state index contributed by atoms with van der Waals surface area (Å²) in [6.07, 6.45) is 5.71. The van der Waals surface area contributed by atoms with E-state index in [1.54, 1.807) is 0 Å². The Bertz CT molecular complexity index is 1260. The molecule has 0 amide bonds. The van der Waals surface area contributed by atoms with Crippen LogP contribution >= 0.6 is 11.3 Å². The summed E-state index contributed by atoms with van der Waals surface area (Å²) in [5, 5.41) is 2.54. The summed E-state index contributed by atoms with van der Waals surface area (Å²) in [6, 6.07) is 23.5. The Kier molecular flexibility index (Phi) is 5.20. The van der Waals surface area contributed by atoms with Crippen LogP contribution in [0, 0.1) is 0 Å². The van der Waals surface area contributed by atoms with Crippen LogP contribution in [0.1, 0.15) is 12.5 Å². The van der Waals surface area contributed by atoms with Gasteiger partial charge < -0.3 is 4.90 Å². The molecule has 4 rings (SSSR count). The van der Waals surface area contributed by atoms with Crippen LogP contribution in [0.15, 0.2) is 110 Å². The lowest BCUT2D eigenvalue weighted by Gasteiger charge is -2.28. The van der Waals surface area contributed by atoms with Gasteiger partial charge in [-0.25, -0.2) is 0 Å². The van der Waals surface area contributed by atoms with E-state index in [4.69, 9.17) is 0 Å². The zero-order chi connectivity index (χ0) is 20.4. The minimum atomic E-state index is 0.957. The van der Waals surface area contributed by atoms with Crippen molar-refractivity contribution in [3.63, 3.8) is 0 Å². The lowest BCUT2D eigenvalue weighted by Crippen LogP contribution is -2.15. The summed E-state index contributed by atoms with van der Waals surface area (Å²) in [6.45, 7) is 14.2. The third-order valence-corrected chi connectivity index (χ3v) is 6.09. The minimum absolute atomic E-state index is 0.957. The number of anilines is 2. The maximum absolute atomic E-state index is 4.27. The summed E-state index contributed by atoms with van der Waals surface area (Å²) in [4.78, 5) is 2.21. The van der Waals surface area contributed by atoms with Gasteiger partial charge in [-0.2, -0.15) is 0 Å². The molecule has 0 aliphatic rings. The van der Waals surface area contributed by atoms with Gasteiger partial charge in [0, 0.05) is 37.1 Å². The van der Waals surface area contributed by atoms with Crippen molar-refractivity contribution in [2.24, 2.45) is 0 Å². The first-order valence-electron chi connectivity index (χ1n) is 9.55. The molecule has 0 aliphatic carbocycles. The van der Waals surface area contributed by atoms with Crippen molar-refractivity contribution >= 4 is 48.5 Å². The molecule has 29 heavy (non-hydrogen) atoms. The van der Waals surface area contributed by atoms with E-state index >= 15 is 0 Å². The number of thiophene rings is 1. The molecule has 0 bridgehead atoms. The Hall–Kier alpha value is -3.36. The SMILES string of the molecule is C=C/C=C(\C=C)c1cc2sc3ccccc3c2cc1N(C(=C)C)c1ccccc1. The second-order valence-corrected chi connectivity index (χ2v) is 8.02. The van der Waals surface area contributed by atoms with Crippen LogP contribution in [0.2, 0.25) is 0 Å². The van der Waals surface area contributed by atoms with Crippen LogP contribution in [0.3, 0.4) is 0 Å². The molecule has 0 saturated carbocycles. The maximum Gasteiger partial charge on any atom is 0.0543 e. The van der Waals surface area contributed by atoms with Gasteiger partial charge in [0.25, 0.3) is 0 Å². The normalized spacial score (nSPS) is 11.6. The molecular formula is C27H23NS. The molecule has 0 aliphatic heterocycles. The predicted octanol–water partition coefficient (Wildman–Crippen LogP) is 8.48. The number of benzene rings is 3. The van der Waals surface area contributed by atoms with Crippen molar-refractivity contribution in [1.82, 2.24) is 0 Å². The fraction of sp³-hybridized carbons (Fsp3) is 0.0370. The number of nitrogens with zero attached hydrogens (tertiary/aromatic N) is 1. The molecule has 4 aromatic rings. The highest BCUT2D eigenvalue weighted by Gasteiger charge is 2.18. The first-order chi connectivity index (χ1) is 14.1. The minimum Gasteiger partial charge on any atom is -0.314 e. The average Bonchev–Trinajstić information content (AvgIpc) is 3.10. The monoisotopic (exact) mass is 393 g/mol. The second kappa shape index (κ2) is 7.94. The van der Waals surface area contributed by atoms with Crippen LogP contribution in [0.4, 0.5) is 11.4 Å². The molecule has 142 valence electrons.